The second kappa shape index (κ2) is 19.0. The summed E-state index contributed by atoms with van der Waals surface area (Å²) < 4.78 is 68.7. The van der Waals surface area contributed by atoms with E-state index in [1.165, 1.54) is 0 Å². The van der Waals surface area contributed by atoms with Gasteiger partial charge in [-0.05, 0) is 120 Å². The highest BCUT2D eigenvalue weighted by atomic mass is 17.3. The number of carbonyl (C=O) groups excluding carboxylic acids is 1. The number of rotatable bonds is 12. The van der Waals surface area contributed by atoms with Gasteiger partial charge >= 0.3 is 6.09 Å². The van der Waals surface area contributed by atoms with Crippen molar-refractivity contribution in [3.8, 4) is 0 Å². The molecule has 6 unspecified atom stereocenters. The predicted molar refractivity (Wildman–Crippen MR) is 261 cm³/mol. The summed E-state index contributed by atoms with van der Waals surface area (Å²) in [6, 6.07) is 9.60. The minimum Gasteiger partial charge on any atom is -0.445 e. The number of carbonyl (C=O) groups is 1. The van der Waals surface area contributed by atoms with Gasteiger partial charge in [-0.1, -0.05) is 71.9 Å². The van der Waals surface area contributed by atoms with E-state index >= 15 is 0 Å². The summed E-state index contributed by atoms with van der Waals surface area (Å²) in [5.41, 5.74) is -2.98. The predicted octanol–water partition coefficient (Wildman–Crippen LogP) is 9.33. The molecule has 3 saturated carbocycles. The minimum absolute atomic E-state index is 0.00146. The monoisotopic (exact) mass is 1050 g/mol. The number of alkyl carbamates (subject to hydrolysis) is 1. The number of hydrogen-bond donors (Lipinski definition) is 1. The van der Waals surface area contributed by atoms with E-state index in [2.05, 4.69) is 46.9 Å². The normalized spacial score (nSPS) is 53.0. The largest absolute Gasteiger partial charge is 0.445 e. The topological polar surface area (TPSA) is 177 Å². The Labute approximate surface area is 441 Å². The first-order chi connectivity index (χ1) is 35.9. The van der Waals surface area contributed by atoms with Crippen molar-refractivity contribution in [2.75, 3.05) is 19.8 Å². The first kappa shape index (κ1) is 52.3. The van der Waals surface area contributed by atoms with Crippen LogP contribution in [0.2, 0.25) is 0 Å². The van der Waals surface area contributed by atoms with Crippen molar-refractivity contribution < 1.29 is 81.5 Å². The third-order valence-electron chi connectivity index (χ3n) is 21.4. The van der Waals surface area contributed by atoms with Crippen LogP contribution in [0.3, 0.4) is 0 Å². The molecule has 75 heavy (non-hydrogen) atoms. The van der Waals surface area contributed by atoms with Crippen molar-refractivity contribution in [1.29, 1.82) is 0 Å². The highest BCUT2D eigenvalue weighted by molar-refractivity contribution is 5.68. The Bertz CT molecular complexity index is 2070. The van der Waals surface area contributed by atoms with Crippen LogP contribution in [0.4, 0.5) is 4.79 Å². The van der Waals surface area contributed by atoms with Crippen molar-refractivity contribution in [3.05, 3.63) is 35.9 Å². The van der Waals surface area contributed by atoms with Gasteiger partial charge in [0.05, 0.1) is 19.8 Å². The molecular weight excluding hydrogens is 971 g/mol. The maximum atomic E-state index is 14.6. The van der Waals surface area contributed by atoms with Gasteiger partial charge in [-0.2, -0.15) is 0 Å². The molecule has 15 fully saturated rings. The zero-order valence-corrected chi connectivity index (χ0v) is 45.5. The smallest absolute Gasteiger partial charge is 0.408 e. The van der Waals surface area contributed by atoms with E-state index in [0.717, 1.165) is 63.4 Å². The lowest BCUT2D eigenvalue weighted by molar-refractivity contribution is -0.578. The molecule has 15 aliphatic rings. The van der Waals surface area contributed by atoms with Crippen molar-refractivity contribution in [2.45, 2.75) is 223 Å². The SMILES string of the molecule is C[C@@H]1CC[C@H]2[C@@H](C)C(OCC(COC3O[C@@H]4OC5(C)CC[C@H]6[C@H](C)CC[C@@H]([C@H]3C)[C@@]46OO5)(COC3O[C@@H]4OC5(C)CC[C@H]6[C@H](C)CC[C@@H]([C@H]3C)[C@@]46OO5)NC(=O)OCc3ccccc3)O[C@@H]3OC4(C)CC[C@@H]1[C@]32OO4. The molecule has 12 aliphatic heterocycles. The van der Waals surface area contributed by atoms with Crippen LogP contribution in [-0.2, 0) is 83.3 Å². The van der Waals surface area contributed by atoms with Crippen LogP contribution in [0.15, 0.2) is 30.3 Å². The highest BCUT2D eigenvalue weighted by Gasteiger charge is 2.73. The number of fused-ring (bicyclic) bond motifs is 6. The van der Waals surface area contributed by atoms with E-state index in [4.69, 9.17) is 76.7 Å². The Morgan fingerprint density at radius 3 is 1.23 bits per heavy atom. The summed E-state index contributed by atoms with van der Waals surface area (Å²) in [6.45, 7) is 18.8. The van der Waals surface area contributed by atoms with E-state index < -0.39 is 83.5 Å². The molecule has 1 N–H and O–H groups in total. The molecular formula is C57H83NO17. The lowest BCUT2D eigenvalue weighted by Gasteiger charge is -2.60. The van der Waals surface area contributed by atoms with E-state index in [0.29, 0.717) is 37.0 Å². The number of ether oxygens (including phenoxy) is 10. The van der Waals surface area contributed by atoms with Gasteiger partial charge in [-0.3, -0.25) is 0 Å². The zero-order valence-electron chi connectivity index (χ0n) is 45.5. The van der Waals surface area contributed by atoms with Crippen LogP contribution in [0.1, 0.15) is 145 Å². The summed E-state index contributed by atoms with van der Waals surface area (Å²) in [7, 11) is 0. The Kier molecular flexibility index (Phi) is 13.2. The molecule has 6 bridgehead atoms. The lowest BCUT2D eigenvalue weighted by Crippen LogP contribution is -2.71. The van der Waals surface area contributed by atoms with Crippen LogP contribution in [0.5, 0.6) is 0 Å². The van der Waals surface area contributed by atoms with Gasteiger partial charge in [0.2, 0.25) is 17.4 Å². The van der Waals surface area contributed by atoms with Gasteiger partial charge in [0.1, 0.15) is 12.1 Å². The average molecular weight is 1050 g/mol. The van der Waals surface area contributed by atoms with Crippen LogP contribution in [0, 0.1) is 71.0 Å². The van der Waals surface area contributed by atoms with Gasteiger partial charge in [-0.25, -0.2) is 34.1 Å². The third kappa shape index (κ3) is 8.36. The Hall–Kier alpha value is -2.11. The maximum Gasteiger partial charge on any atom is 0.408 e. The summed E-state index contributed by atoms with van der Waals surface area (Å²) in [5, 5.41) is 3.28. The fourth-order valence-corrected chi connectivity index (χ4v) is 17.1. The molecule has 3 spiro atoms. The van der Waals surface area contributed by atoms with E-state index in [-0.39, 0.29) is 79.7 Å². The molecule has 0 radical (unpaired) electrons. The van der Waals surface area contributed by atoms with Crippen LogP contribution >= 0.6 is 0 Å². The first-order valence-corrected chi connectivity index (χ1v) is 28.9. The standard InChI is InChI=1S/C57H83NO17/c1-31-15-18-41-34(4)44(64-47-55(41)38(31)21-24-51(7,67-47)70-73-55)61-28-54(58-50(59)60-27-37-13-11-10-12-14-37,29-62-45-35(5)42-19-16-32(2)39-22-25-52(8)68-48(65-45)56(39,42)74-71-52)30-63-46-36(6)43-20-17-33(3)40-23-26-53(9)69-49(66-46)57(40,43)75-72-53/h10-14,31-36,38-49H,15-30H2,1-9H3,(H,58,59)/t31-,32-,33-,34-,35-,36-,38+,39+,40+,41+,42+,43+,44?,45?,46?,47-,48-,49-,51?,52?,53?,54?,55-,56-,57-/m1/s1. The molecule has 18 nitrogen and oxygen atoms in total. The molecule has 24 atom stereocenters. The molecule has 12 saturated heterocycles. The Morgan fingerprint density at radius 2 is 0.867 bits per heavy atom. The van der Waals surface area contributed by atoms with Crippen molar-refractivity contribution in [3.63, 3.8) is 0 Å². The number of hydrogen-bond acceptors (Lipinski definition) is 17. The second-order valence-electron chi connectivity index (χ2n) is 26.2. The van der Waals surface area contributed by atoms with Crippen LogP contribution < -0.4 is 5.32 Å². The Morgan fingerprint density at radius 1 is 0.507 bits per heavy atom. The maximum absolute atomic E-state index is 14.6. The molecule has 0 aromatic heterocycles. The molecule has 1 amide bonds. The summed E-state index contributed by atoms with van der Waals surface area (Å²) in [6.07, 6.45) is 5.29. The zero-order chi connectivity index (χ0) is 51.9. The van der Waals surface area contributed by atoms with Crippen molar-refractivity contribution in [2.24, 2.45) is 71.0 Å². The molecule has 16 rings (SSSR count). The van der Waals surface area contributed by atoms with Gasteiger partial charge < -0.3 is 52.7 Å². The molecule has 12 heterocycles. The lowest BCUT2D eigenvalue weighted by atomic mass is 9.58. The molecule has 1 aromatic rings. The summed E-state index contributed by atoms with van der Waals surface area (Å²) >= 11 is 0. The average Bonchev–Trinajstić information content (AvgIpc) is 3.89. The van der Waals surface area contributed by atoms with Gasteiger partial charge in [0.25, 0.3) is 0 Å². The Balaban J connectivity index is 0.832. The third-order valence-corrected chi connectivity index (χ3v) is 21.4. The fraction of sp³-hybridized carbons (Fsp3) is 0.877. The summed E-state index contributed by atoms with van der Waals surface area (Å²) in [4.78, 5) is 52.6. The quantitative estimate of drug-likeness (QED) is 0.196. The van der Waals surface area contributed by atoms with Gasteiger partial charge in [0, 0.05) is 54.8 Å². The first-order valence-electron chi connectivity index (χ1n) is 28.9. The molecule has 3 aliphatic carbocycles. The van der Waals surface area contributed by atoms with E-state index in [9.17, 15) is 4.79 Å². The van der Waals surface area contributed by atoms with Gasteiger partial charge in [-0.15, -0.1) is 0 Å². The van der Waals surface area contributed by atoms with Gasteiger partial charge in [0.15, 0.2) is 54.5 Å². The molecule has 18 heteroatoms. The highest BCUT2D eigenvalue weighted by Crippen LogP contribution is 2.64. The summed E-state index contributed by atoms with van der Waals surface area (Å²) in [5.74, 6) is -1.70. The van der Waals surface area contributed by atoms with Crippen molar-refractivity contribution >= 4 is 6.09 Å². The second-order valence-corrected chi connectivity index (χ2v) is 26.2. The van der Waals surface area contributed by atoms with Crippen molar-refractivity contribution in [1.82, 2.24) is 5.32 Å². The molecule has 1 aromatic carbocycles. The molecule has 418 valence electrons. The van der Waals surface area contributed by atoms with Crippen LogP contribution in [0.25, 0.3) is 0 Å². The van der Waals surface area contributed by atoms with E-state index in [1.807, 2.05) is 51.1 Å². The number of benzene rings is 1. The minimum atomic E-state index is -1.43. The van der Waals surface area contributed by atoms with Crippen LogP contribution in [-0.4, -0.2) is 103 Å². The number of amides is 1. The fourth-order valence-electron chi connectivity index (χ4n) is 17.1. The van der Waals surface area contributed by atoms with E-state index in [1.54, 1.807) is 0 Å². The number of nitrogens with one attached hydrogen (secondary N) is 1.